The number of hydrogen-bond acceptors (Lipinski definition) is 3. The summed E-state index contributed by atoms with van der Waals surface area (Å²) in [5.41, 5.74) is 4.62. The number of benzene rings is 1. The number of pyridine rings is 1. The van der Waals surface area contributed by atoms with Gasteiger partial charge in [0, 0.05) is 30.6 Å². The molecule has 0 aliphatic heterocycles. The van der Waals surface area contributed by atoms with Crippen LogP contribution in [0.3, 0.4) is 0 Å². The molecule has 0 saturated heterocycles. The number of fused-ring (bicyclic) bond motifs is 2. The van der Waals surface area contributed by atoms with Crippen LogP contribution >= 0.6 is 0 Å². The van der Waals surface area contributed by atoms with Crippen LogP contribution in [0.2, 0.25) is 0 Å². The summed E-state index contributed by atoms with van der Waals surface area (Å²) in [6.45, 7) is 0.626. The van der Waals surface area contributed by atoms with E-state index >= 15 is 0 Å². The number of ketones is 1. The number of rotatable bonds is 3. The first-order chi connectivity index (χ1) is 11.2. The van der Waals surface area contributed by atoms with Crippen molar-refractivity contribution in [3.05, 3.63) is 64.5 Å². The van der Waals surface area contributed by atoms with E-state index in [4.69, 9.17) is 0 Å². The predicted molar refractivity (Wildman–Crippen MR) is 86.7 cm³/mol. The van der Waals surface area contributed by atoms with Crippen LogP contribution in [0.1, 0.15) is 56.3 Å². The van der Waals surface area contributed by atoms with E-state index in [9.17, 15) is 9.59 Å². The molecule has 0 fully saturated rings. The molecule has 2 aliphatic carbocycles. The summed E-state index contributed by atoms with van der Waals surface area (Å²) in [5.74, 6) is 0.340. The van der Waals surface area contributed by atoms with Gasteiger partial charge in [-0.3, -0.25) is 14.6 Å². The number of nitrogens with one attached hydrogen (secondary N) is 1. The van der Waals surface area contributed by atoms with Gasteiger partial charge in [-0.2, -0.15) is 0 Å². The highest BCUT2D eigenvalue weighted by Crippen LogP contribution is 2.34. The molecule has 2 aliphatic rings. The van der Waals surface area contributed by atoms with Gasteiger partial charge in [0.1, 0.15) is 0 Å². The first-order valence-corrected chi connectivity index (χ1v) is 8.10. The van der Waals surface area contributed by atoms with E-state index < -0.39 is 0 Å². The SMILES string of the molecule is O=C(NCC1Cc2ccccc21)c1cnc2c(c1)C(=O)CCC2. The van der Waals surface area contributed by atoms with E-state index in [1.54, 1.807) is 12.3 Å². The Morgan fingerprint density at radius 2 is 2.13 bits per heavy atom. The number of nitrogens with zero attached hydrogens (tertiary/aromatic N) is 1. The summed E-state index contributed by atoms with van der Waals surface area (Å²) in [6.07, 6.45) is 4.82. The van der Waals surface area contributed by atoms with E-state index in [0.717, 1.165) is 25.0 Å². The third-order valence-corrected chi connectivity index (χ3v) is 4.82. The van der Waals surface area contributed by atoms with Gasteiger partial charge in [-0.25, -0.2) is 0 Å². The maximum atomic E-state index is 12.3. The maximum absolute atomic E-state index is 12.3. The summed E-state index contributed by atoms with van der Waals surface area (Å²) < 4.78 is 0. The molecule has 0 saturated carbocycles. The number of Topliss-reactive ketones (excluding diaryl/α,β-unsaturated/α-hetero) is 1. The molecule has 4 nitrogen and oxygen atoms in total. The zero-order valence-electron chi connectivity index (χ0n) is 12.8. The van der Waals surface area contributed by atoms with Crippen LogP contribution in [0.25, 0.3) is 0 Å². The Morgan fingerprint density at radius 1 is 1.26 bits per heavy atom. The number of carbonyl (C=O) groups is 2. The zero-order valence-corrected chi connectivity index (χ0v) is 12.8. The van der Waals surface area contributed by atoms with E-state index in [1.165, 1.54) is 11.1 Å². The van der Waals surface area contributed by atoms with Gasteiger partial charge in [-0.1, -0.05) is 24.3 Å². The van der Waals surface area contributed by atoms with E-state index in [0.29, 0.717) is 30.0 Å². The fourth-order valence-corrected chi connectivity index (χ4v) is 3.47. The lowest BCUT2D eigenvalue weighted by molar-refractivity contribution is 0.0949. The van der Waals surface area contributed by atoms with Gasteiger partial charge < -0.3 is 5.32 Å². The van der Waals surface area contributed by atoms with Gasteiger partial charge in [0.2, 0.25) is 0 Å². The molecular weight excluding hydrogens is 288 g/mol. The van der Waals surface area contributed by atoms with Crippen molar-refractivity contribution >= 4 is 11.7 Å². The van der Waals surface area contributed by atoms with Crippen LogP contribution in [0.4, 0.5) is 0 Å². The molecule has 0 bridgehead atoms. The quantitative estimate of drug-likeness (QED) is 0.948. The van der Waals surface area contributed by atoms with Crippen molar-refractivity contribution in [3.8, 4) is 0 Å². The molecule has 0 radical (unpaired) electrons. The molecule has 4 rings (SSSR count). The minimum Gasteiger partial charge on any atom is -0.351 e. The monoisotopic (exact) mass is 306 g/mol. The normalized spacial score (nSPS) is 18.6. The van der Waals surface area contributed by atoms with Gasteiger partial charge in [-0.05, 0) is 36.5 Å². The van der Waals surface area contributed by atoms with E-state index in [-0.39, 0.29) is 11.7 Å². The highest BCUT2D eigenvalue weighted by Gasteiger charge is 2.26. The number of aryl methyl sites for hydroxylation is 1. The first-order valence-electron chi connectivity index (χ1n) is 8.10. The van der Waals surface area contributed by atoms with Gasteiger partial charge in [-0.15, -0.1) is 0 Å². The summed E-state index contributed by atoms with van der Waals surface area (Å²) in [4.78, 5) is 28.6. The van der Waals surface area contributed by atoms with Crippen molar-refractivity contribution in [3.63, 3.8) is 0 Å². The van der Waals surface area contributed by atoms with Crippen LogP contribution in [-0.4, -0.2) is 23.2 Å². The standard InChI is InChI=1S/C19H18N2O2/c22-18-7-3-6-17-16(18)9-14(11-20-17)19(23)21-10-13-8-12-4-1-2-5-15(12)13/h1-2,4-5,9,11,13H,3,6-8,10H2,(H,21,23). The van der Waals surface area contributed by atoms with Crippen molar-refractivity contribution in [1.29, 1.82) is 0 Å². The second-order valence-electron chi connectivity index (χ2n) is 6.30. The third kappa shape index (κ3) is 2.54. The highest BCUT2D eigenvalue weighted by molar-refractivity contribution is 6.01. The Kier molecular flexibility index (Phi) is 3.45. The van der Waals surface area contributed by atoms with Crippen LogP contribution in [0, 0.1) is 0 Å². The molecule has 1 amide bonds. The van der Waals surface area contributed by atoms with Gasteiger partial charge in [0.15, 0.2) is 5.78 Å². The van der Waals surface area contributed by atoms with E-state index in [1.807, 2.05) is 12.1 Å². The predicted octanol–water partition coefficient (Wildman–Crippen LogP) is 2.67. The minimum absolute atomic E-state index is 0.0984. The molecule has 1 atom stereocenters. The molecule has 1 aromatic carbocycles. The third-order valence-electron chi connectivity index (χ3n) is 4.82. The highest BCUT2D eigenvalue weighted by atomic mass is 16.1. The molecule has 4 heteroatoms. The molecule has 1 aromatic heterocycles. The van der Waals surface area contributed by atoms with Crippen LogP contribution in [0.5, 0.6) is 0 Å². The molecule has 1 heterocycles. The van der Waals surface area contributed by atoms with Crippen molar-refractivity contribution < 1.29 is 9.59 Å². The zero-order chi connectivity index (χ0) is 15.8. The molecule has 0 spiro atoms. The van der Waals surface area contributed by atoms with Crippen LogP contribution < -0.4 is 5.32 Å². The molecule has 116 valence electrons. The number of carbonyl (C=O) groups excluding carboxylic acids is 2. The van der Waals surface area contributed by atoms with E-state index in [2.05, 4.69) is 22.4 Å². The second-order valence-corrected chi connectivity index (χ2v) is 6.30. The molecule has 2 aromatic rings. The van der Waals surface area contributed by atoms with Crippen molar-refractivity contribution in [2.75, 3.05) is 6.54 Å². The van der Waals surface area contributed by atoms with Crippen molar-refractivity contribution in [1.82, 2.24) is 10.3 Å². The maximum Gasteiger partial charge on any atom is 0.252 e. The second kappa shape index (κ2) is 5.61. The molecule has 23 heavy (non-hydrogen) atoms. The summed E-state index contributed by atoms with van der Waals surface area (Å²) in [6, 6.07) is 10.0. The van der Waals surface area contributed by atoms with Crippen LogP contribution in [-0.2, 0) is 12.8 Å². The summed E-state index contributed by atoms with van der Waals surface area (Å²) >= 11 is 0. The smallest absolute Gasteiger partial charge is 0.252 e. The largest absolute Gasteiger partial charge is 0.351 e. The Morgan fingerprint density at radius 3 is 3.00 bits per heavy atom. The summed E-state index contributed by atoms with van der Waals surface area (Å²) in [7, 11) is 0. The first kappa shape index (κ1) is 14.1. The summed E-state index contributed by atoms with van der Waals surface area (Å²) in [5, 5.41) is 2.97. The van der Waals surface area contributed by atoms with Crippen molar-refractivity contribution in [2.45, 2.75) is 31.6 Å². The van der Waals surface area contributed by atoms with Crippen LogP contribution in [0.15, 0.2) is 36.5 Å². The lowest BCUT2D eigenvalue weighted by Gasteiger charge is -2.30. The fourth-order valence-electron chi connectivity index (χ4n) is 3.47. The lowest BCUT2D eigenvalue weighted by atomic mass is 9.77. The Balaban J connectivity index is 1.44. The average Bonchev–Trinajstić information content (AvgIpc) is 2.55. The number of amides is 1. The fraction of sp³-hybridized carbons (Fsp3) is 0.316. The topological polar surface area (TPSA) is 59.1 Å². The van der Waals surface area contributed by atoms with Crippen molar-refractivity contribution in [2.24, 2.45) is 0 Å². The van der Waals surface area contributed by atoms with Gasteiger partial charge in [0.25, 0.3) is 5.91 Å². The molecule has 1 unspecified atom stereocenters. The Bertz CT molecular complexity index is 798. The Hall–Kier alpha value is -2.49. The molecular formula is C19H18N2O2. The average molecular weight is 306 g/mol. The van der Waals surface area contributed by atoms with Gasteiger partial charge >= 0.3 is 0 Å². The number of hydrogen-bond donors (Lipinski definition) is 1. The molecule has 1 N–H and O–H groups in total. The lowest BCUT2D eigenvalue weighted by Crippen LogP contribution is -2.33. The number of aromatic nitrogens is 1. The minimum atomic E-state index is -0.150. The van der Waals surface area contributed by atoms with Gasteiger partial charge in [0.05, 0.1) is 11.3 Å². The Labute approximate surface area is 134 Å².